The molecule has 0 bridgehead atoms. The van der Waals surface area contributed by atoms with E-state index < -0.39 is 41.5 Å². The predicted octanol–water partition coefficient (Wildman–Crippen LogP) is 5.45. The van der Waals surface area contributed by atoms with Gasteiger partial charge in [0.25, 0.3) is 5.91 Å². The van der Waals surface area contributed by atoms with Crippen LogP contribution in [0.1, 0.15) is 39.0 Å². The maximum absolute atomic E-state index is 13.4. The van der Waals surface area contributed by atoms with Crippen molar-refractivity contribution in [2.45, 2.75) is 68.1 Å². The fourth-order valence-corrected chi connectivity index (χ4v) is 1.88. The summed E-state index contributed by atoms with van der Waals surface area (Å²) < 4.78 is 130. The highest BCUT2D eigenvalue weighted by Gasteiger charge is 2.87. The van der Waals surface area contributed by atoms with Crippen LogP contribution in [0, 0.1) is 0 Å². The summed E-state index contributed by atoms with van der Waals surface area (Å²) in [7, 11) is 0. The maximum atomic E-state index is 13.4. The molecule has 0 aromatic heterocycles. The molecule has 0 radical (unpaired) electrons. The number of nitrogens with one attached hydrogen (secondary N) is 1. The molecule has 26 heavy (non-hydrogen) atoms. The lowest BCUT2D eigenvalue weighted by Gasteiger charge is -2.37. The predicted molar refractivity (Wildman–Crippen MR) is 72.4 cm³/mol. The normalized spacial score (nSPS) is 14.5. The summed E-state index contributed by atoms with van der Waals surface area (Å²) in [6, 6.07) is 0. The first-order chi connectivity index (χ1) is 11.5. The van der Waals surface area contributed by atoms with Crippen LogP contribution in [0.4, 0.5) is 43.9 Å². The van der Waals surface area contributed by atoms with Gasteiger partial charge in [-0.25, -0.2) is 0 Å². The third-order valence-electron chi connectivity index (χ3n) is 3.39. The molecule has 0 aliphatic rings. The van der Waals surface area contributed by atoms with Gasteiger partial charge in [-0.2, -0.15) is 43.9 Å². The highest BCUT2D eigenvalue weighted by Crippen LogP contribution is 2.57. The molecule has 0 aliphatic heterocycles. The minimum Gasteiger partial charge on any atom is -0.351 e. The van der Waals surface area contributed by atoms with Crippen molar-refractivity contribution in [3.63, 3.8) is 0 Å². The maximum Gasteiger partial charge on any atom is 0.393 e. The lowest BCUT2D eigenvalue weighted by atomic mass is 9.98. The van der Waals surface area contributed by atoms with Gasteiger partial charge in [0.2, 0.25) is 0 Å². The molecule has 0 aliphatic carbocycles. The first-order valence-corrected chi connectivity index (χ1v) is 7.72. The molecule has 13 heteroatoms. The number of alkyl halides is 11. The Labute approximate surface area is 147 Å². The lowest BCUT2D eigenvalue weighted by Crippen LogP contribution is -2.69. The molecule has 0 saturated carbocycles. The van der Waals surface area contributed by atoms with Crippen molar-refractivity contribution in [1.82, 2.24) is 5.32 Å². The number of rotatable bonds is 11. The highest BCUT2D eigenvalue weighted by atomic mass is 35.5. The van der Waals surface area contributed by atoms with E-state index in [0.717, 1.165) is 12.8 Å². The number of halogens is 11. The Morgan fingerprint density at radius 1 is 0.769 bits per heavy atom. The summed E-state index contributed by atoms with van der Waals surface area (Å²) in [6.45, 7) is 1.23. The number of amides is 1. The van der Waals surface area contributed by atoms with Crippen molar-refractivity contribution in [3.05, 3.63) is 0 Å². The van der Waals surface area contributed by atoms with E-state index in [1.165, 1.54) is 5.32 Å². The summed E-state index contributed by atoms with van der Waals surface area (Å²) in [5.74, 6) is -30.9. The third-order valence-corrected chi connectivity index (χ3v) is 3.63. The Morgan fingerprint density at radius 3 is 1.65 bits per heavy atom. The standard InChI is InChI=1S/C13H16ClF10NO/c1-2-3-4-5-6-7-25-8(26)9(15,16)10(17,18)11(19,20)12(21,22)13(14,23)24/h2-7H2,1H3,(H,25,26). The molecule has 0 atom stereocenters. The van der Waals surface area contributed by atoms with E-state index in [1.54, 1.807) is 0 Å². The molecular weight excluding hydrogens is 412 g/mol. The van der Waals surface area contributed by atoms with Gasteiger partial charge in [-0.1, -0.05) is 32.6 Å². The molecule has 0 unspecified atom stereocenters. The quantitative estimate of drug-likeness (QED) is 0.265. The van der Waals surface area contributed by atoms with Crippen molar-refractivity contribution in [1.29, 1.82) is 0 Å². The highest BCUT2D eigenvalue weighted by molar-refractivity contribution is 6.22. The van der Waals surface area contributed by atoms with Crippen LogP contribution in [0.3, 0.4) is 0 Å². The van der Waals surface area contributed by atoms with Crippen LogP contribution in [-0.2, 0) is 4.79 Å². The van der Waals surface area contributed by atoms with Crippen molar-refractivity contribution >= 4 is 17.5 Å². The van der Waals surface area contributed by atoms with Crippen LogP contribution in [0.15, 0.2) is 0 Å². The summed E-state index contributed by atoms with van der Waals surface area (Å²) in [5.41, 5.74) is 0. The molecule has 1 N–H and O–H groups in total. The topological polar surface area (TPSA) is 29.1 Å². The number of hydrogen-bond donors (Lipinski definition) is 1. The fraction of sp³-hybridized carbons (Fsp3) is 0.923. The van der Waals surface area contributed by atoms with Crippen LogP contribution < -0.4 is 5.32 Å². The van der Waals surface area contributed by atoms with Crippen molar-refractivity contribution < 1.29 is 48.7 Å². The molecule has 0 fully saturated rings. The Hall–Kier alpha value is -0.940. The average Bonchev–Trinajstić information content (AvgIpc) is 2.48. The van der Waals surface area contributed by atoms with Gasteiger partial charge in [0.1, 0.15) is 0 Å². The molecule has 156 valence electrons. The largest absolute Gasteiger partial charge is 0.393 e. The van der Waals surface area contributed by atoms with Crippen LogP contribution in [0.25, 0.3) is 0 Å². The second kappa shape index (κ2) is 8.39. The van der Waals surface area contributed by atoms with Crippen LogP contribution >= 0.6 is 11.6 Å². The first-order valence-electron chi connectivity index (χ1n) is 7.34. The number of carbonyl (C=O) groups excluding carboxylic acids is 1. The molecule has 1 amide bonds. The van der Waals surface area contributed by atoms with E-state index >= 15 is 0 Å². The Balaban J connectivity index is 5.26. The Morgan fingerprint density at radius 2 is 1.23 bits per heavy atom. The molecule has 2 nitrogen and oxygen atoms in total. The van der Waals surface area contributed by atoms with Crippen LogP contribution in [-0.4, -0.2) is 41.5 Å². The van der Waals surface area contributed by atoms with Crippen LogP contribution in [0.2, 0.25) is 0 Å². The summed E-state index contributed by atoms with van der Waals surface area (Å²) in [4.78, 5) is 11.1. The lowest BCUT2D eigenvalue weighted by molar-refractivity contribution is -0.382. The number of hydrogen-bond acceptors (Lipinski definition) is 1. The second-order valence-electron chi connectivity index (χ2n) is 5.47. The van der Waals surface area contributed by atoms with E-state index in [-0.39, 0.29) is 6.42 Å². The molecule has 0 spiro atoms. The monoisotopic (exact) mass is 427 g/mol. The second-order valence-corrected chi connectivity index (χ2v) is 5.94. The van der Waals surface area contributed by atoms with Gasteiger partial charge in [0, 0.05) is 6.54 Å². The van der Waals surface area contributed by atoms with Gasteiger partial charge < -0.3 is 5.32 Å². The summed E-state index contributed by atoms with van der Waals surface area (Å²) in [6.07, 6.45) is 2.61. The minimum atomic E-state index is -7.33. The van der Waals surface area contributed by atoms with Crippen molar-refractivity contribution in [2.24, 2.45) is 0 Å². The van der Waals surface area contributed by atoms with E-state index in [9.17, 15) is 48.7 Å². The molecular formula is C13H16ClF10NO. The van der Waals surface area contributed by atoms with Gasteiger partial charge in [0.05, 0.1) is 0 Å². The molecule has 0 aromatic carbocycles. The zero-order valence-corrected chi connectivity index (χ0v) is 14.1. The zero-order chi connectivity index (χ0) is 21.0. The van der Waals surface area contributed by atoms with Gasteiger partial charge in [0.15, 0.2) is 0 Å². The van der Waals surface area contributed by atoms with Crippen LogP contribution in [0.5, 0.6) is 0 Å². The van der Waals surface area contributed by atoms with E-state index in [4.69, 9.17) is 0 Å². The van der Waals surface area contributed by atoms with Gasteiger partial charge in [-0.15, -0.1) is 0 Å². The molecule has 0 heterocycles. The van der Waals surface area contributed by atoms with Gasteiger partial charge in [-0.05, 0) is 18.0 Å². The summed E-state index contributed by atoms with van der Waals surface area (Å²) >= 11 is 3.65. The van der Waals surface area contributed by atoms with Gasteiger partial charge in [-0.3, -0.25) is 4.79 Å². The SMILES string of the molecule is CCCCCCCNC(=O)C(F)(F)C(F)(F)C(F)(F)C(F)(F)C(F)(F)Cl. The Kier molecular flexibility index (Phi) is 8.08. The first kappa shape index (κ1) is 25.1. The number of unbranched alkanes of at least 4 members (excludes halogenated alkanes) is 4. The smallest absolute Gasteiger partial charge is 0.351 e. The summed E-state index contributed by atoms with van der Waals surface area (Å²) in [5, 5.41) is -5.07. The van der Waals surface area contributed by atoms with E-state index in [0.29, 0.717) is 12.8 Å². The van der Waals surface area contributed by atoms with E-state index in [2.05, 4.69) is 11.6 Å². The van der Waals surface area contributed by atoms with Crippen molar-refractivity contribution in [2.75, 3.05) is 6.54 Å². The molecule has 0 saturated heterocycles. The van der Waals surface area contributed by atoms with E-state index in [1.807, 2.05) is 6.92 Å². The molecule has 0 aromatic rings. The van der Waals surface area contributed by atoms with Gasteiger partial charge >= 0.3 is 29.1 Å². The minimum absolute atomic E-state index is 0.0275. The third kappa shape index (κ3) is 4.66. The van der Waals surface area contributed by atoms with Crippen molar-refractivity contribution in [3.8, 4) is 0 Å². The Bertz CT molecular complexity index is 478. The average molecular weight is 428 g/mol. The fourth-order valence-electron chi connectivity index (χ4n) is 1.76. The zero-order valence-electron chi connectivity index (χ0n) is 13.3. The molecule has 0 rings (SSSR count). The number of carbonyl (C=O) groups is 1.